The number of pyridine rings is 1. The van der Waals surface area contributed by atoms with Gasteiger partial charge < -0.3 is 5.32 Å². The average molecular weight is 190 g/mol. The maximum absolute atomic E-state index is 4.36. The summed E-state index contributed by atoms with van der Waals surface area (Å²) in [6.07, 6.45) is 3.22. The van der Waals surface area contributed by atoms with Gasteiger partial charge in [-0.3, -0.25) is 4.98 Å². The van der Waals surface area contributed by atoms with E-state index < -0.39 is 0 Å². The van der Waals surface area contributed by atoms with Gasteiger partial charge in [-0.2, -0.15) is 0 Å². The van der Waals surface area contributed by atoms with Crippen molar-refractivity contribution in [3.63, 3.8) is 0 Å². The maximum atomic E-state index is 4.36. The number of rotatable bonds is 3. The van der Waals surface area contributed by atoms with Gasteiger partial charge >= 0.3 is 0 Å². The number of nitrogens with one attached hydrogen (secondary N) is 1. The highest BCUT2D eigenvalue weighted by atomic mass is 15.0. The zero-order valence-corrected chi connectivity index (χ0v) is 9.17. The maximum Gasteiger partial charge on any atom is 0.0541 e. The summed E-state index contributed by atoms with van der Waals surface area (Å²) in [5.74, 6) is 0. The van der Waals surface area contributed by atoms with Gasteiger partial charge in [-0.05, 0) is 30.4 Å². The molecular formula is C12H18N2. The van der Waals surface area contributed by atoms with Crippen LogP contribution < -0.4 is 5.32 Å². The zero-order chi connectivity index (χ0) is 10.2. The Balaban J connectivity index is 1.84. The lowest BCUT2D eigenvalue weighted by Crippen LogP contribution is -2.20. The summed E-state index contributed by atoms with van der Waals surface area (Å²) < 4.78 is 0. The number of aromatic nitrogens is 1. The zero-order valence-electron chi connectivity index (χ0n) is 9.17. The van der Waals surface area contributed by atoms with Crippen LogP contribution >= 0.6 is 0 Å². The summed E-state index contributed by atoms with van der Waals surface area (Å²) in [4.78, 5) is 4.36. The monoisotopic (exact) mass is 190 g/mol. The molecule has 1 heterocycles. The van der Waals surface area contributed by atoms with Crippen molar-refractivity contribution in [1.82, 2.24) is 10.3 Å². The van der Waals surface area contributed by atoms with Gasteiger partial charge in [-0.1, -0.05) is 19.9 Å². The van der Waals surface area contributed by atoms with Crippen LogP contribution in [0.1, 0.15) is 31.5 Å². The van der Waals surface area contributed by atoms with E-state index in [4.69, 9.17) is 0 Å². The van der Waals surface area contributed by atoms with Crippen LogP contribution in [0.5, 0.6) is 0 Å². The van der Waals surface area contributed by atoms with Crippen molar-refractivity contribution >= 4 is 0 Å². The lowest BCUT2D eigenvalue weighted by Gasteiger charge is -2.05. The molecule has 0 spiro atoms. The van der Waals surface area contributed by atoms with E-state index >= 15 is 0 Å². The molecule has 76 valence electrons. The minimum absolute atomic E-state index is 0.505. The second-order valence-electron chi connectivity index (χ2n) is 4.95. The fourth-order valence-corrected chi connectivity index (χ4v) is 1.65. The second-order valence-corrected chi connectivity index (χ2v) is 4.95. The molecule has 0 bridgehead atoms. The van der Waals surface area contributed by atoms with E-state index in [0.717, 1.165) is 12.2 Å². The highest BCUT2D eigenvalue weighted by Gasteiger charge is 2.44. The molecule has 1 unspecified atom stereocenters. The number of aryl methyl sites for hydroxylation is 1. The van der Waals surface area contributed by atoms with Crippen LogP contribution in [0.25, 0.3) is 0 Å². The second kappa shape index (κ2) is 3.35. The normalized spacial score (nSPS) is 23.5. The van der Waals surface area contributed by atoms with E-state index in [1.807, 2.05) is 6.20 Å². The molecule has 1 atom stereocenters. The van der Waals surface area contributed by atoms with E-state index in [1.54, 1.807) is 0 Å². The molecule has 1 N–H and O–H groups in total. The summed E-state index contributed by atoms with van der Waals surface area (Å²) in [6.45, 7) is 7.56. The minimum Gasteiger partial charge on any atom is -0.308 e. The van der Waals surface area contributed by atoms with Gasteiger partial charge in [0.2, 0.25) is 0 Å². The van der Waals surface area contributed by atoms with Gasteiger partial charge in [0.05, 0.1) is 5.69 Å². The molecule has 1 aliphatic carbocycles. The predicted molar refractivity (Wildman–Crippen MR) is 58.0 cm³/mol. The van der Waals surface area contributed by atoms with Gasteiger partial charge in [0.25, 0.3) is 0 Å². The van der Waals surface area contributed by atoms with Crippen LogP contribution in [0, 0.1) is 12.3 Å². The highest BCUT2D eigenvalue weighted by Crippen LogP contribution is 2.44. The Morgan fingerprint density at radius 3 is 2.71 bits per heavy atom. The first kappa shape index (κ1) is 9.66. The summed E-state index contributed by atoms with van der Waals surface area (Å²) in [5.41, 5.74) is 2.86. The summed E-state index contributed by atoms with van der Waals surface area (Å²) >= 11 is 0. The Labute approximate surface area is 85.7 Å². The van der Waals surface area contributed by atoms with E-state index in [0.29, 0.717) is 11.5 Å². The first-order valence-electron chi connectivity index (χ1n) is 5.23. The quantitative estimate of drug-likeness (QED) is 0.791. The summed E-state index contributed by atoms with van der Waals surface area (Å²) in [5, 5.41) is 3.52. The molecule has 2 nitrogen and oxygen atoms in total. The van der Waals surface area contributed by atoms with Crippen molar-refractivity contribution in [2.75, 3.05) is 0 Å². The Kier molecular flexibility index (Phi) is 2.31. The van der Waals surface area contributed by atoms with Gasteiger partial charge in [0, 0.05) is 18.8 Å². The smallest absolute Gasteiger partial charge is 0.0541 e. The Morgan fingerprint density at radius 1 is 1.50 bits per heavy atom. The first-order chi connectivity index (χ1) is 6.58. The van der Waals surface area contributed by atoms with Crippen molar-refractivity contribution < 1.29 is 0 Å². The lowest BCUT2D eigenvalue weighted by atomic mass is 10.2. The third kappa shape index (κ3) is 2.13. The van der Waals surface area contributed by atoms with Crippen molar-refractivity contribution in [1.29, 1.82) is 0 Å². The van der Waals surface area contributed by atoms with Crippen LogP contribution in [0.4, 0.5) is 0 Å². The van der Waals surface area contributed by atoms with Crippen molar-refractivity contribution in [3.05, 3.63) is 29.6 Å². The molecule has 1 fully saturated rings. The molecule has 0 saturated heterocycles. The molecular weight excluding hydrogens is 172 g/mol. The molecule has 14 heavy (non-hydrogen) atoms. The SMILES string of the molecule is Cc1ccc(CNC2CC2(C)C)nc1. The van der Waals surface area contributed by atoms with Crippen LogP contribution in [0.3, 0.4) is 0 Å². The van der Waals surface area contributed by atoms with Crippen LogP contribution in [0.15, 0.2) is 18.3 Å². The predicted octanol–water partition coefficient (Wildman–Crippen LogP) is 2.28. The van der Waals surface area contributed by atoms with Crippen molar-refractivity contribution in [3.8, 4) is 0 Å². The Bertz CT molecular complexity index is 314. The molecule has 0 aliphatic heterocycles. The third-order valence-electron chi connectivity index (χ3n) is 3.02. The van der Waals surface area contributed by atoms with E-state index in [2.05, 4.69) is 43.2 Å². The van der Waals surface area contributed by atoms with E-state index in [1.165, 1.54) is 12.0 Å². The Hall–Kier alpha value is -0.890. The minimum atomic E-state index is 0.505. The fraction of sp³-hybridized carbons (Fsp3) is 0.583. The van der Waals surface area contributed by atoms with Gasteiger partial charge in [-0.25, -0.2) is 0 Å². The van der Waals surface area contributed by atoms with Crippen LogP contribution in [0.2, 0.25) is 0 Å². The first-order valence-corrected chi connectivity index (χ1v) is 5.23. The van der Waals surface area contributed by atoms with Crippen molar-refractivity contribution in [2.45, 2.75) is 39.8 Å². The lowest BCUT2D eigenvalue weighted by molar-refractivity contribution is 0.538. The molecule has 0 aromatic carbocycles. The molecule has 2 heteroatoms. The molecule has 1 aliphatic rings. The van der Waals surface area contributed by atoms with E-state index in [-0.39, 0.29) is 0 Å². The van der Waals surface area contributed by atoms with Gasteiger partial charge in [0.15, 0.2) is 0 Å². The molecule has 0 radical (unpaired) electrons. The number of hydrogen-bond donors (Lipinski definition) is 1. The van der Waals surface area contributed by atoms with Crippen LogP contribution in [-0.4, -0.2) is 11.0 Å². The van der Waals surface area contributed by atoms with Gasteiger partial charge in [-0.15, -0.1) is 0 Å². The summed E-state index contributed by atoms with van der Waals surface area (Å²) in [7, 11) is 0. The average Bonchev–Trinajstić information content (AvgIpc) is 2.73. The standard InChI is InChI=1S/C12H18N2/c1-9-4-5-10(13-7-9)8-14-11-6-12(11,2)3/h4-5,7,11,14H,6,8H2,1-3H3. The Morgan fingerprint density at radius 2 is 2.21 bits per heavy atom. The number of nitrogens with zero attached hydrogens (tertiary/aromatic N) is 1. The topological polar surface area (TPSA) is 24.9 Å². The fourth-order valence-electron chi connectivity index (χ4n) is 1.65. The molecule has 0 amide bonds. The number of hydrogen-bond acceptors (Lipinski definition) is 2. The molecule has 1 saturated carbocycles. The molecule has 1 aromatic heterocycles. The molecule has 1 aromatic rings. The van der Waals surface area contributed by atoms with Gasteiger partial charge in [0.1, 0.15) is 0 Å². The molecule has 2 rings (SSSR count). The van der Waals surface area contributed by atoms with E-state index in [9.17, 15) is 0 Å². The summed E-state index contributed by atoms with van der Waals surface area (Å²) in [6, 6.07) is 4.89. The van der Waals surface area contributed by atoms with Crippen molar-refractivity contribution in [2.24, 2.45) is 5.41 Å². The highest BCUT2D eigenvalue weighted by molar-refractivity contribution is 5.12. The third-order valence-corrected chi connectivity index (χ3v) is 3.02. The largest absolute Gasteiger partial charge is 0.308 e. The van der Waals surface area contributed by atoms with Crippen LogP contribution in [-0.2, 0) is 6.54 Å².